The average molecular weight is 332 g/mol. The van der Waals surface area contributed by atoms with Crippen molar-refractivity contribution in [3.05, 3.63) is 48.2 Å². The van der Waals surface area contributed by atoms with Gasteiger partial charge in [0.2, 0.25) is 5.88 Å². The number of H-pyrrole nitrogens is 3. The summed E-state index contributed by atoms with van der Waals surface area (Å²) in [6.07, 6.45) is 1.78. The van der Waals surface area contributed by atoms with Crippen LogP contribution in [0, 0.1) is 0 Å². The quantitative estimate of drug-likeness (QED) is 0.341. The van der Waals surface area contributed by atoms with Crippen molar-refractivity contribution < 1.29 is 9.90 Å². The summed E-state index contributed by atoms with van der Waals surface area (Å²) < 4.78 is 0. The molecule has 1 amide bonds. The molecule has 0 spiro atoms. The first-order chi connectivity index (χ1) is 12.2. The van der Waals surface area contributed by atoms with Crippen molar-refractivity contribution in [3.8, 4) is 5.88 Å². The van der Waals surface area contributed by atoms with Gasteiger partial charge in [-0.2, -0.15) is 10.2 Å². The molecule has 8 nitrogen and oxygen atoms in total. The van der Waals surface area contributed by atoms with Gasteiger partial charge in [-0.1, -0.05) is 18.2 Å². The summed E-state index contributed by atoms with van der Waals surface area (Å²) in [5, 5.41) is 28.2. The highest BCUT2D eigenvalue weighted by atomic mass is 16.3. The van der Waals surface area contributed by atoms with E-state index >= 15 is 0 Å². The number of hydrogen-bond donors (Lipinski definition) is 5. The Morgan fingerprint density at radius 1 is 1.04 bits per heavy atom. The van der Waals surface area contributed by atoms with Gasteiger partial charge >= 0.3 is 0 Å². The van der Waals surface area contributed by atoms with Crippen molar-refractivity contribution in [1.29, 1.82) is 0 Å². The highest BCUT2D eigenvalue weighted by Gasteiger charge is 2.13. The molecule has 5 N–H and O–H groups in total. The van der Waals surface area contributed by atoms with Crippen LogP contribution in [0.4, 0.5) is 5.82 Å². The van der Waals surface area contributed by atoms with E-state index in [2.05, 4.69) is 30.7 Å². The lowest BCUT2D eigenvalue weighted by Crippen LogP contribution is -2.11. The molecule has 0 atom stereocenters. The molecule has 0 aliphatic carbocycles. The second-order valence-electron chi connectivity index (χ2n) is 5.80. The van der Waals surface area contributed by atoms with Crippen molar-refractivity contribution in [1.82, 2.24) is 25.4 Å². The van der Waals surface area contributed by atoms with E-state index in [0.717, 1.165) is 32.7 Å². The molecule has 0 radical (unpaired) electrons. The normalized spacial score (nSPS) is 11.5. The molecule has 0 aliphatic rings. The third-order valence-corrected chi connectivity index (χ3v) is 4.26. The Bertz CT molecular complexity index is 1260. The Morgan fingerprint density at radius 2 is 1.92 bits per heavy atom. The number of nitrogens with zero attached hydrogens (tertiary/aromatic N) is 2. The number of hydrogen-bond acceptors (Lipinski definition) is 4. The monoisotopic (exact) mass is 332 g/mol. The summed E-state index contributed by atoms with van der Waals surface area (Å²) in [5.41, 5.74) is 3.24. The number of anilines is 1. The Kier molecular flexibility index (Phi) is 2.64. The maximum Gasteiger partial charge on any atom is 0.256 e. The molecule has 3 aromatic heterocycles. The molecule has 5 aromatic rings. The number of nitrogens with one attached hydrogen (secondary N) is 4. The molecule has 0 bridgehead atoms. The van der Waals surface area contributed by atoms with Crippen LogP contribution in [0.2, 0.25) is 0 Å². The van der Waals surface area contributed by atoms with E-state index in [9.17, 15) is 9.90 Å². The largest absolute Gasteiger partial charge is 0.494 e. The average Bonchev–Trinajstić information content (AvgIpc) is 3.31. The van der Waals surface area contributed by atoms with E-state index in [1.807, 2.05) is 18.2 Å². The van der Waals surface area contributed by atoms with Gasteiger partial charge in [-0.3, -0.25) is 9.89 Å². The van der Waals surface area contributed by atoms with Gasteiger partial charge in [0, 0.05) is 33.3 Å². The molecule has 25 heavy (non-hydrogen) atoms. The highest BCUT2D eigenvalue weighted by molar-refractivity contribution is 6.17. The van der Waals surface area contributed by atoms with Crippen LogP contribution in [-0.4, -0.2) is 36.4 Å². The number of fused-ring (bicyclic) bond motifs is 5. The van der Waals surface area contributed by atoms with Crippen LogP contribution >= 0.6 is 0 Å². The minimum atomic E-state index is -0.307. The molecular weight excluding hydrogens is 320 g/mol. The first kappa shape index (κ1) is 13.6. The van der Waals surface area contributed by atoms with Gasteiger partial charge in [-0.15, -0.1) is 0 Å². The van der Waals surface area contributed by atoms with Gasteiger partial charge in [-0.25, -0.2) is 5.10 Å². The van der Waals surface area contributed by atoms with Crippen molar-refractivity contribution in [3.63, 3.8) is 0 Å². The van der Waals surface area contributed by atoms with Crippen LogP contribution in [0.3, 0.4) is 0 Å². The molecular formula is C17H12N6O2. The number of aromatic amines is 3. The maximum atomic E-state index is 12.4. The third kappa shape index (κ3) is 2.04. The van der Waals surface area contributed by atoms with Crippen LogP contribution in [0.1, 0.15) is 10.4 Å². The molecule has 0 fully saturated rings. The van der Waals surface area contributed by atoms with Crippen molar-refractivity contribution in [2.75, 3.05) is 5.32 Å². The molecule has 0 saturated heterocycles. The number of carbonyl (C=O) groups excluding carboxylic acids is 1. The van der Waals surface area contributed by atoms with Crippen molar-refractivity contribution in [2.24, 2.45) is 0 Å². The predicted molar refractivity (Wildman–Crippen MR) is 93.7 cm³/mol. The van der Waals surface area contributed by atoms with E-state index in [4.69, 9.17) is 0 Å². The van der Waals surface area contributed by atoms with Gasteiger partial charge in [0.25, 0.3) is 5.91 Å². The minimum Gasteiger partial charge on any atom is -0.494 e. The molecule has 0 aliphatic heterocycles. The van der Waals surface area contributed by atoms with Crippen LogP contribution in [0.15, 0.2) is 42.6 Å². The van der Waals surface area contributed by atoms with E-state index in [-0.39, 0.29) is 17.6 Å². The molecule has 8 heteroatoms. The lowest BCUT2D eigenvalue weighted by molar-refractivity contribution is 0.102. The standard InChI is InChI=1S/C17H12N6O2/c24-14-6-13(21-22-14)20-17(25)8-1-3-10-11-4-2-9-7-18-23-15(9)16(11)19-12(10)5-8/h1-7,19H,(H,18,23)(H3,20,21,22,24,25). The number of aromatic hydroxyl groups is 1. The van der Waals surface area contributed by atoms with Crippen LogP contribution < -0.4 is 5.32 Å². The van der Waals surface area contributed by atoms with Gasteiger partial charge in [0.15, 0.2) is 5.82 Å². The smallest absolute Gasteiger partial charge is 0.256 e. The number of carbonyl (C=O) groups is 1. The van der Waals surface area contributed by atoms with Gasteiger partial charge in [0.05, 0.1) is 17.2 Å². The molecule has 5 rings (SSSR count). The number of rotatable bonds is 2. The first-order valence-corrected chi connectivity index (χ1v) is 7.62. The fourth-order valence-corrected chi connectivity index (χ4v) is 3.09. The summed E-state index contributed by atoms with van der Waals surface area (Å²) in [4.78, 5) is 15.7. The zero-order chi connectivity index (χ0) is 17.0. The summed E-state index contributed by atoms with van der Waals surface area (Å²) in [7, 11) is 0. The fourth-order valence-electron chi connectivity index (χ4n) is 3.09. The third-order valence-electron chi connectivity index (χ3n) is 4.26. The molecule has 122 valence electrons. The zero-order valence-corrected chi connectivity index (χ0v) is 12.8. The first-order valence-electron chi connectivity index (χ1n) is 7.62. The van der Waals surface area contributed by atoms with Gasteiger partial charge in [-0.05, 0) is 12.1 Å². The number of aromatic nitrogens is 5. The Hall–Kier alpha value is -3.81. The van der Waals surface area contributed by atoms with Gasteiger partial charge < -0.3 is 15.4 Å². The second-order valence-corrected chi connectivity index (χ2v) is 5.80. The van der Waals surface area contributed by atoms with Crippen LogP contribution in [-0.2, 0) is 0 Å². The minimum absolute atomic E-state index is 0.107. The SMILES string of the molecule is O=C(Nc1cc(O)[nH]n1)c1ccc2c(c1)[nH]c1c2ccc2cn[nH]c21. The topological polar surface area (TPSA) is 122 Å². The summed E-state index contributed by atoms with van der Waals surface area (Å²) >= 11 is 0. The number of benzene rings is 2. The Morgan fingerprint density at radius 3 is 2.76 bits per heavy atom. The fraction of sp³-hybridized carbons (Fsp3) is 0. The maximum absolute atomic E-state index is 12.4. The lowest BCUT2D eigenvalue weighted by Gasteiger charge is -2.02. The van der Waals surface area contributed by atoms with E-state index in [0.29, 0.717) is 5.56 Å². The van der Waals surface area contributed by atoms with E-state index in [1.54, 1.807) is 18.3 Å². The van der Waals surface area contributed by atoms with E-state index in [1.165, 1.54) is 6.07 Å². The zero-order valence-electron chi connectivity index (χ0n) is 12.8. The van der Waals surface area contributed by atoms with Crippen molar-refractivity contribution >= 4 is 44.4 Å². The molecule has 2 aromatic carbocycles. The molecule has 3 heterocycles. The van der Waals surface area contributed by atoms with E-state index < -0.39 is 0 Å². The molecule has 0 unspecified atom stereocenters. The lowest BCUT2D eigenvalue weighted by atomic mass is 10.1. The summed E-state index contributed by atoms with van der Waals surface area (Å²) in [6.45, 7) is 0. The van der Waals surface area contributed by atoms with Gasteiger partial charge in [0.1, 0.15) is 0 Å². The summed E-state index contributed by atoms with van der Waals surface area (Å²) in [5.74, 6) is -0.151. The van der Waals surface area contributed by atoms with Crippen molar-refractivity contribution in [2.45, 2.75) is 0 Å². The Labute approximate surface area is 139 Å². The van der Waals surface area contributed by atoms with Crippen LogP contribution in [0.5, 0.6) is 5.88 Å². The highest BCUT2D eigenvalue weighted by Crippen LogP contribution is 2.30. The Balaban J connectivity index is 1.61. The van der Waals surface area contributed by atoms with Crippen LogP contribution in [0.25, 0.3) is 32.7 Å². The molecule has 0 saturated carbocycles. The summed E-state index contributed by atoms with van der Waals surface area (Å²) in [6, 6.07) is 10.9. The second kappa shape index (κ2) is 4.84. The number of amides is 1. The predicted octanol–water partition coefficient (Wildman–Crippen LogP) is 2.88.